The molecular formula is C30H28N2O2. The summed E-state index contributed by atoms with van der Waals surface area (Å²) in [6.07, 6.45) is 10.9. The van der Waals surface area contributed by atoms with Crippen molar-refractivity contribution in [1.29, 1.82) is 0 Å². The average molecular weight is 449 g/mol. The maximum absolute atomic E-state index is 10.9. The second kappa shape index (κ2) is 9.92. The molecule has 4 aromatic rings. The van der Waals surface area contributed by atoms with Gasteiger partial charge in [0.15, 0.2) is 0 Å². The molecule has 0 atom stereocenters. The molecule has 0 aliphatic heterocycles. The van der Waals surface area contributed by atoms with Crippen LogP contribution < -0.4 is 0 Å². The van der Waals surface area contributed by atoms with E-state index in [1.54, 1.807) is 6.08 Å². The highest BCUT2D eigenvalue weighted by atomic mass is 16.4. The Morgan fingerprint density at radius 2 is 1.68 bits per heavy atom. The zero-order chi connectivity index (χ0) is 23.3. The third-order valence-electron chi connectivity index (χ3n) is 6.74. The number of aliphatic carboxylic acids is 1. The number of fused-ring (bicyclic) bond motifs is 1. The fourth-order valence-electron chi connectivity index (χ4n) is 5.05. The van der Waals surface area contributed by atoms with Gasteiger partial charge in [0.05, 0.1) is 11.7 Å². The van der Waals surface area contributed by atoms with Gasteiger partial charge in [-0.15, -0.1) is 0 Å². The monoisotopic (exact) mass is 448 g/mol. The Morgan fingerprint density at radius 3 is 2.41 bits per heavy atom. The molecule has 1 heterocycles. The van der Waals surface area contributed by atoms with Gasteiger partial charge in [0.25, 0.3) is 0 Å². The number of carbonyl (C=O) groups is 1. The van der Waals surface area contributed by atoms with Crippen LogP contribution in [0.5, 0.6) is 0 Å². The molecule has 170 valence electrons. The van der Waals surface area contributed by atoms with Crippen LogP contribution in [0.25, 0.3) is 28.1 Å². The van der Waals surface area contributed by atoms with Crippen LogP contribution in [-0.2, 0) is 4.79 Å². The lowest BCUT2D eigenvalue weighted by molar-refractivity contribution is -0.131. The Labute approximate surface area is 199 Å². The molecule has 0 amide bonds. The van der Waals surface area contributed by atoms with Crippen LogP contribution >= 0.6 is 0 Å². The van der Waals surface area contributed by atoms with E-state index in [1.165, 1.54) is 54.0 Å². The number of hydrogen-bond acceptors (Lipinski definition) is 2. The minimum Gasteiger partial charge on any atom is -0.478 e. The molecule has 1 saturated carbocycles. The summed E-state index contributed by atoms with van der Waals surface area (Å²) in [4.78, 5) is 10.9. The van der Waals surface area contributed by atoms with Gasteiger partial charge in [0.1, 0.15) is 0 Å². The van der Waals surface area contributed by atoms with Crippen molar-refractivity contribution in [2.24, 2.45) is 5.92 Å². The molecule has 5 rings (SSSR count). The molecule has 1 fully saturated rings. The molecule has 3 aromatic carbocycles. The van der Waals surface area contributed by atoms with Crippen LogP contribution in [0.2, 0.25) is 0 Å². The van der Waals surface area contributed by atoms with Gasteiger partial charge >= 0.3 is 5.97 Å². The summed E-state index contributed by atoms with van der Waals surface area (Å²) < 4.78 is 0. The van der Waals surface area contributed by atoms with Crippen LogP contribution in [0.4, 0.5) is 0 Å². The minimum absolute atomic E-state index is 0.695. The highest BCUT2D eigenvalue weighted by molar-refractivity contribution is 6.00. The van der Waals surface area contributed by atoms with E-state index in [9.17, 15) is 4.79 Å². The Morgan fingerprint density at radius 1 is 0.941 bits per heavy atom. The average Bonchev–Trinajstić information content (AvgIpc) is 3.55. The van der Waals surface area contributed by atoms with Crippen LogP contribution in [0.3, 0.4) is 0 Å². The summed E-state index contributed by atoms with van der Waals surface area (Å²) in [6.45, 7) is 0. The summed E-state index contributed by atoms with van der Waals surface area (Å²) >= 11 is 0. The van der Waals surface area contributed by atoms with E-state index in [0.717, 1.165) is 28.5 Å². The highest BCUT2D eigenvalue weighted by Gasteiger charge is 2.21. The maximum atomic E-state index is 10.9. The molecule has 1 aliphatic rings. The summed E-state index contributed by atoms with van der Waals surface area (Å²) in [5.41, 5.74) is 8.04. The molecular weight excluding hydrogens is 420 g/mol. The van der Waals surface area contributed by atoms with E-state index >= 15 is 0 Å². The van der Waals surface area contributed by atoms with E-state index in [4.69, 9.17) is 5.11 Å². The van der Waals surface area contributed by atoms with Gasteiger partial charge in [-0.1, -0.05) is 86.3 Å². The number of carboxylic acids is 1. The highest BCUT2D eigenvalue weighted by Crippen LogP contribution is 2.40. The van der Waals surface area contributed by atoms with E-state index in [0.29, 0.717) is 5.92 Å². The molecule has 0 bridgehead atoms. The molecule has 0 spiro atoms. The lowest BCUT2D eigenvalue weighted by atomic mass is 9.84. The molecule has 1 aliphatic carbocycles. The number of carboxylic acid groups (broad SMARTS) is 1. The van der Waals surface area contributed by atoms with Crippen molar-refractivity contribution >= 4 is 34.1 Å². The summed E-state index contributed by atoms with van der Waals surface area (Å²) in [5.74, 6) is -0.248. The molecule has 0 unspecified atom stereocenters. The number of aromatic nitrogens is 2. The number of rotatable bonds is 7. The first-order valence-corrected chi connectivity index (χ1v) is 11.9. The van der Waals surface area contributed by atoms with Crippen molar-refractivity contribution in [3.05, 3.63) is 107 Å². The lowest BCUT2D eigenvalue weighted by Crippen LogP contribution is -2.01. The largest absolute Gasteiger partial charge is 0.478 e. The quantitative estimate of drug-likeness (QED) is 0.232. The molecule has 2 N–H and O–H groups in total. The van der Waals surface area contributed by atoms with Crippen molar-refractivity contribution in [2.75, 3.05) is 0 Å². The van der Waals surface area contributed by atoms with Crippen molar-refractivity contribution in [1.82, 2.24) is 10.2 Å². The predicted octanol–water partition coefficient (Wildman–Crippen LogP) is 7.20. The van der Waals surface area contributed by atoms with Crippen LogP contribution in [0.15, 0.2) is 85.1 Å². The molecule has 0 saturated heterocycles. The molecule has 4 nitrogen and oxygen atoms in total. The summed E-state index contributed by atoms with van der Waals surface area (Å²) in [7, 11) is 0. The molecule has 34 heavy (non-hydrogen) atoms. The number of nitrogens with zero attached hydrogens (tertiary/aromatic N) is 1. The zero-order valence-corrected chi connectivity index (χ0v) is 19.1. The number of nitrogens with one attached hydrogen (secondary N) is 1. The SMILES string of the molecule is O=C(O)C=Cc1ccc(C(=C(CC2CCCC2)c2ccccc2)c2ccc3[nH]ncc3c2)cc1. The first-order valence-electron chi connectivity index (χ1n) is 11.9. The van der Waals surface area contributed by atoms with Gasteiger partial charge in [0.2, 0.25) is 0 Å². The van der Waals surface area contributed by atoms with Gasteiger partial charge in [-0.05, 0) is 63.9 Å². The summed E-state index contributed by atoms with van der Waals surface area (Å²) in [6, 6.07) is 25.4. The molecule has 1 aromatic heterocycles. The van der Waals surface area contributed by atoms with Gasteiger partial charge < -0.3 is 5.11 Å². The smallest absolute Gasteiger partial charge is 0.328 e. The van der Waals surface area contributed by atoms with Crippen LogP contribution in [-0.4, -0.2) is 21.3 Å². The van der Waals surface area contributed by atoms with E-state index in [2.05, 4.69) is 70.9 Å². The Hall–Kier alpha value is -3.92. The van der Waals surface area contributed by atoms with Crippen LogP contribution in [0.1, 0.15) is 54.4 Å². The van der Waals surface area contributed by atoms with Crippen molar-refractivity contribution < 1.29 is 9.90 Å². The summed E-state index contributed by atoms with van der Waals surface area (Å²) in [5, 5.41) is 17.3. The maximum Gasteiger partial charge on any atom is 0.328 e. The standard InChI is InChI=1S/C30H28N2O2/c33-29(34)17-12-21-10-13-24(14-11-21)30(25-15-16-28-26(19-25)20-31-32-28)27(18-22-6-4-5-7-22)23-8-2-1-3-9-23/h1-3,8-17,19-20,22H,4-7,18H2,(H,31,32)(H,33,34). The number of H-pyrrole nitrogens is 1. The van der Waals surface area contributed by atoms with Gasteiger partial charge in [0, 0.05) is 11.5 Å². The number of allylic oxidation sites excluding steroid dienone is 1. The number of aromatic amines is 1. The third-order valence-corrected chi connectivity index (χ3v) is 6.74. The number of benzene rings is 3. The second-order valence-corrected chi connectivity index (χ2v) is 9.04. The Kier molecular flexibility index (Phi) is 6.39. The minimum atomic E-state index is -0.944. The van der Waals surface area contributed by atoms with Gasteiger partial charge in [-0.2, -0.15) is 5.10 Å². The normalized spacial score (nSPS) is 15.2. The first-order chi connectivity index (χ1) is 16.7. The Bertz CT molecular complexity index is 1340. The third kappa shape index (κ3) is 4.86. The van der Waals surface area contributed by atoms with E-state index in [-0.39, 0.29) is 0 Å². The first kappa shape index (κ1) is 21.9. The number of hydrogen-bond donors (Lipinski definition) is 2. The second-order valence-electron chi connectivity index (χ2n) is 9.04. The topological polar surface area (TPSA) is 66.0 Å². The fraction of sp³-hybridized carbons (Fsp3) is 0.200. The van der Waals surface area contributed by atoms with E-state index < -0.39 is 5.97 Å². The predicted molar refractivity (Wildman–Crippen MR) is 138 cm³/mol. The van der Waals surface area contributed by atoms with Crippen molar-refractivity contribution in [3.63, 3.8) is 0 Å². The molecule has 0 radical (unpaired) electrons. The molecule has 4 heteroatoms. The van der Waals surface area contributed by atoms with Gasteiger partial charge in [-0.25, -0.2) is 4.79 Å². The Balaban J connectivity index is 1.69. The van der Waals surface area contributed by atoms with E-state index in [1.807, 2.05) is 18.3 Å². The zero-order valence-electron chi connectivity index (χ0n) is 19.1. The van der Waals surface area contributed by atoms with Crippen LogP contribution in [0, 0.1) is 5.92 Å². The fourth-order valence-corrected chi connectivity index (χ4v) is 5.05. The lowest BCUT2D eigenvalue weighted by Gasteiger charge is -2.20. The van der Waals surface area contributed by atoms with Crippen molar-refractivity contribution in [3.8, 4) is 0 Å². The van der Waals surface area contributed by atoms with Crippen molar-refractivity contribution in [2.45, 2.75) is 32.1 Å². The van der Waals surface area contributed by atoms with Gasteiger partial charge in [-0.3, -0.25) is 5.10 Å².